The molecule has 0 aliphatic carbocycles. The number of methoxy groups -OCH3 is 1. The van der Waals surface area contributed by atoms with E-state index in [1.807, 2.05) is 0 Å². The molecule has 7 heteroatoms. The largest absolute Gasteiger partial charge is 0.497 e. The molecule has 156 valence electrons. The highest BCUT2D eigenvalue weighted by molar-refractivity contribution is 5.92. The van der Waals surface area contributed by atoms with E-state index in [4.69, 9.17) is 13.9 Å². The van der Waals surface area contributed by atoms with E-state index in [2.05, 4.69) is 10.2 Å². The van der Waals surface area contributed by atoms with Crippen LogP contribution >= 0.6 is 0 Å². The molecule has 0 saturated carbocycles. The molecule has 1 fully saturated rings. The van der Waals surface area contributed by atoms with Gasteiger partial charge in [-0.2, -0.15) is 0 Å². The van der Waals surface area contributed by atoms with Gasteiger partial charge in [-0.3, -0.25) is 9.69 Å². The molecule has 2 aromatic carbocycles. The molecule has 3 aromatic rings. The number of hydrogen-bond acceptors (Lipinski definition) is 6. The van der Waals surface area contributed by atoms with Crippen molar-refractivity contribution in [1.29, 1.82) is 0 Å². The number of benzene rings is 2. The maximum absolute atomic E-state index is 12.3. The lowest BCUT2D eigenvalue weighted by molar-refractivity contribution is -0.117. The first-order valence-electron chi connectivity index (χ1n) is 10.0. The number of piperidine rings is 1. The summed E-state index contributed by atoms with van der Waals surface area (Å²) in [7, 11) is 1.55. The molecule has 0 unspecified atom stereocenters. The van der Waals surface area contributed by atoms with Crippen molar-refractivity contribution in [2.75, 3.05) is 32.1 Å². The molecular formula is C23H24N2O5. The lowest BCUT2D eigenvalue weighted by Gasteiger charge is -2.25. The van der Waals surface area contributed by atoms with Gasteiger partial charge < -0.3 is 19.2 Å². The Labute approximate surface area is 174 Å². The molecule has 1 amide bonds. The molecule has 0 atom stereocenters. The van der Waals surface area contributed by atoms with Crippen LogP contribution in [0.4, 0.5) is 5.69 Å². The summed E-state index contributed by atoms with van der Waals surface area (Å²) >= 11 is 0. The number of carbonyl (C=O) groups excluding carboxylic acids is 1. The van der Waals surface area contributed by atoms with Crippen molar-refractivity contribution in [2.45, 2.75) is 19.3 Å². The number of likely N-dealkylation sites (tertiary alicyclic amines) is 1. The molecular weight excluding hydrogens is 384 g/mol. The monoisotopic (exact) mass is 408 g/mol. The molecule has 7 nitrogen and oxygen atoms in total. The summed E-state index contributed by atoms with van der Waals surface area (Å²) in [5.41, 5.74) is 0.581. The Morgan fingerprint density at radius 1 is 1.03 bits per heavy atom. The third kappa shape index (κ3) is 4.80. The van der Waals surface area contributed by atoms with E-state index in [-0.39, 0.29) is 5.91 Å². The number of rotatable bonds is 6. The molecule has 30 heavy (non-hydrogen) atoms. The van der Waals surface area contributed by atoms with E-state index < -0.39 is 5.63 Å². The summed E-state index contributed by atoms with van der Waals surface area (Å²) < 4.78 is 16.3. The van der Waals surface area contributed by atoms with Crippen LogP contribution in [-0.4, -0.2) is 37.6 Å². The average molecular weight is 408 g/mol. The van der Waals surface area contributed by atoms with Crippen molar-refractivity contribution in [3.8, 4) is 17.2 Å². The summed E-state index contributed by atoms with van der Waals surface area (Å²) in [5.74, 6) is 1.51. The van der Waals surface area contributed by atoms with Gasteiger partial charge in [0.25, 0.3) is 0 Å². The quantitative estimate of drug-likeness (QED) is 0.621. The number of nitrogens with zero attached hydrogens (tertiary/aromatic N) is 1. The molecule has 0 bridgehead atoms. The predicted octanol–water partition coefficient (Wildman–Crippen LogP) is 4.02. The third-order valence-corrected chi connectivity index (χ3v) is 5.10. The molecule has 2 heterocycles. The van der Waals surface area contributed by atoms with Crippen LogP contribution in [0.25, 0.3) is 11.0 Å². The van der Waals surface area contributed by atoms with Crippen LogP contribution in [0.5, 0.6) is 17.2 Å². The molecule has 0 radical (unpaired) electrons. The summed E-state index contributed by atoms with van der Waals surface area (Å²) in [5, 5.41) is 3.58. The molecule has 1 N–H and O–H groups in total. The number of hydrogen-bond donors (Lipinski definition) is 1. The summed E-state index contributed by atoms with van der Waals surface area (Å²) in [6, 6.07) is 13.6. The highest BCUT2D eigenvalue weighted by Gasteiger charge is 2.14. The van der Waals surface area contributed by atoms with Crippen LogP contribution in [0.15, 0.2) is 57.7 Å². The van der Waals surface area contributed by atoms with Crippen LogP contribution in [0.3, 0.4) is 0 Å². The van der Waals surface area contributed by atoms with E-state index >= 15 is 0 Å². The van der Waals surface area contributed by atoms with Crippen LogP contribution < -0.4 is 20.4 Å². The predicted molar refractivity (Wildman–Crippen MR) is 114 cm³/mol. The lowest BCUT2D eigenvalue weighted by Crippen LogP contribution is -2.36. The normalized spacial score (nSPS) is 14.4. The second-order valence-electron chi connectivity index (χ2n) is 7.30. The van der Waals surface area contributed by atoms with Crippen LogP contribution in [-0.2, 0) is 4.79 Å². The minimum atomic E-state index is -0.507. The van der Waals surface area contributed by atoms with Gasteiger partial charge in [0.15, 0.2) is 0 Å². The van der Waals surface area contributed by atoms with Gasteiger partial charge in [-0.1, -0.05) is 6.42 Å². The summed E-state index contributed by atoms with van der Waals surface area (Å²) in [4.78, 5) is 26.3. The van der Waals surface area contributed by atoms with Crippen molar-refractivity contribution in [2.24, 2.45) is 0 Å². The van der Waals surface area contributed by atoms with E-state index in [1.165, 1.54) is 12.5 Å². The number of carbonyl (C=O) groups is 1. The Morgan fingerprint density at radius 3 is 2.50 bits per heavy atom. The van der Waals surface area contributed by atoms with E-state index in [9.17, 15) is 9.59 Å². The molecule has 4 rings (SSSR count). The first-order chi connectivity index (χ1) is 14.6. The van der Waals surface area contributed by atoms with Crippen molar-refractivity contribution in [3.05, 3.63) is 59.0 Å². The zero-order chi connectivity index (χ0) is 20.9. The fourth-order valence-corrected chi connectivity index (χ4v) is 3.58. The SMILES string of the molecule is COc1ccc2c(Oc3ccc(NC(=O)CN4CCCCC4)cc3)cc(=O)oc2c1. The van der Waals surface area contributed by atoms with Gasteiger partial charge in [0.05, 0.1) is 25.1 Å². The summed E-state index contributed by atoms with van der Waals surface area (Å²) in [6.45, 7) is 2.36. The average Bonchev–Trinajstić information content (AvgIpc) is 2.75. The number of anilines is 1. The Kier molecular flexibility index (Phi) is 5.99. The first-order valence-corrected chi connectivity index (χ1v) is 10.0. The Balaban J connectivity index is 1.44. The smallest absolute Gasteiger partial charge is 0.339 e. The second kappa shape index (κ2) is 9.00. The topological polar surface area (TPSA) is 81.0 Å². The minimum Gasteiger partial charge on any atom is -0.497 e. The maximum Gasteiger partial charge on any atom is 0.339 e. The minimum absolute atomic E-state index is 0.0221. The Bertz CT molecular complexity index is 1080. The maximum atomic E-state index is 12.3. The number of fused-ring (bicyclic) bond motifs is 1. The highest BCUT2D eigenvalue weighted by atomic mass is 16.5. The van der Waals surface area contributed by atoms with Crippen molar-refractivity contribution in [3.63, 3.8) is 0 Å². The van der Waals surface area contributed by atoms with E-state index in [0.29, 0.717) is 40.4 Å². The molecule has 1 aliphatic heterocycles. The molecule has 0 spiro atoms. The lowest BCUT2D eigenvalue weighted by atomic mass is 10.1. The highest BCUT2D eigenvalue weighted by Crippen LogP contribution is 2.31. The first kappa shape index (κ1) is 20.0. The fraction of sp³-hybridized carbons (Fsp3) is 0.304. The van der Waals surface area contributed by atoms with Gasteiger partial charge in [0.1, 0.15) is 22.8 Å². The Hall–Kier alpha value is -3.32. The van der Waals surface area contributed by atoms with Crippen molar-refractivity contribution >= 4 is 22.6 Å². The number of amides is 1. The number of ether oxygens (including phenoxy) is 2. The van der Waals surface area contributed by atoms with Gasteiger partial charge in [0, 0.05) is 11.8 Å². The molecule has 1 aliphatic rings. The van der Waals surface area contributed by atoms with Crippen LogP contribution in [0.2, 0.25) is 0 Å². The zero-order valence-electron chi connectivity index (χ0n) is 16.8. The van der Waals surface area contributed by atoms with Crippen molar-refractivity contribution in [1.82, 2.24) is 4.90 Å². The van der Waals surface area contributed by atoms with Crippen molar-refractivity contribution < 1.29 is 18.7 Å². The van der Waals surface area contributed by atoms with Crippen LogP contribution in [0, 0.1) is 0 Å². The van der Waals surface area contributed by atoms with Crippen LogP contribution in [0.1, 0.15) is 19.3 Å². The van der Waals surface area contributed by atoms with E-state index in [0.717, 1.165) is 25.9 Å². The fourth-order valence-electron chi connectivity index (χ4n) is 3.58. The molecule has 1 aromatic heterocycles. The van der Waals surface area contributed by atoms with Gasteiger partial charge in [-0.15, -0.1) is 0 Å². The summed E-state index contributed by atoms with van der Waals surface area (Å²) in [6.07, 6.45) is 3.54. The Morgan fingerprint density at radius 2 is 1.77 bits per heavy atom. The number of nitrogens with one attached hydrogen (secondary N) is 1. The standard InChI is InChI=1S/C23H24N2O5/c1-28-18-9-10-19-20(13-18)30-23(27)14-21(19)29-17-7-5-16(6-8-17)24-22(26)15-25-11-3-2-4-12-25/h5-10,13-14H,2-4,11-12,15H2,1H3,(H,24,26). The molecule has 1 saturated heterocycles. The third-order valence-electron chi connectivity index (χ3n) is 5.10. The van der Waals surface area contributed by atoms with Gasteiger partial charge in [-0.05, 0) is 62.3 Å². The second-order valence-corrected chi connectivity index (χ2v) is 7.30. The van der Waals surface area contributed by atoms with Gasteiger partial charge in [-0.25, -0.2) is 4.79 Å². The van der Waals surface area contributed by atoms with Gasteiger partial charge >= 0.3 is 5.63 Å². The zero-order valence-corrected chi connectivity index (χ0v) is 16.8. The van der Waals surface area contributed by atoms with Gasteiger partial charge in [0.2, 0.25) is 5.91 Å². The van der Waals surface area contributed by atoms with E-state index in [1.54, 1.807) is 49.6 Å².